The summed E-state index contributed by atoms with van der Waals surface area (Å²) in [5.74, 6) is 1.94. The molecule has 0 aliphatic carbocycles. The first-order valence-corrected chi connectivity index (χ1v) is 13.1. The Labute approximate surface area is 223 Å². The Bertz CT molecular complexity index is 1120. The smallest absolute Gasteiger partial charge is 0.178 e. The fourth-order valence-electron chi connectivity index (χ4n) is 4.45. The first kappa shape index (κ1) is 26.3. The van der Waals surface area contributed by atoms with Gasteiger partial charge in [-0.25, -0.2) is 0 Å². The number of benzene rings is 3. The van der Waals surface area contributed by atoms with Gasteiger partial charge in [-0.3, -0.25) is 0 Å². The molecule has 0 fully saturated rings. The first-order chi connectivity index (χ1) is 18.9. The predicted octanol–water partition coefficient (Wildman–Crippen LogP) is 4.87. The second-order valence-electron chi connectivity index (χ2n) is 8.89. The zero-order chi connectivity index (χ0) is 25.9. The lowest BCUT2D eigenvalue weighted by molar-refractivity contribution is -0.00844. The molecule has 7 heteroatoms. The van der Waals surface area contributed by atoms with E-state index in [1.54, 1.807) is 0 Å². The molecule has 0 radical (unpaired) electrons. The molecule has 0 atom stereocenters. The van der Waals surface area contributed by atoms with Crippen LogP contribution in [-0.2, 0) is 24.5 Å². The zero-order valence-electron chi connectivity index (χ0n) is 21.5. The van der Waals surface area contributed by atoms with Gasteiger partial charge in [0, 0.05) is 22.8 Å². The third-order valence-electron chi connectivity index (χ3n) is 6.34. The minimum absolute atomic E-state index is 0.368. The third-order valence-corrected chi connectivity index (χ3v) is 6.34. The molecule has 0 unspecified atom stereocenters. The van der Waals surface area contributed by atoms with E-state index in [0.717, 1.165) is 16.7 Å². The summed E-state index contributed by atoms with van der Waals surface area (Å²) < 4.78 is 41.3. The van der Waals surface area contributed by atoms with Crippen LogP contribution >= 0.6 is 0 Å². The van der Waals surface area contributed by atoms with Crippen molar-refractivity contribution in [1.82, 2.24) is 0 Å². The van der Waals surface area contributed by atoms with Crippen LogP contribution in [0.2, 0.25) is 0 Å². The van der Waals surface area contributed by atoms with Gasteiger partial charge in [0.25, 0.3) is 0 Å². The van der Waals surface area contributed by atoms with Crippen molar-refractivity contribution >= 4 is 6.08 Å². The van der Waals surface area contributed by atoms with E-state index in [4.69, 9.17) is 33.2 Å². The van der Waals surface area contributed by atoms with Crippen LogP contribution in [0.15, 0.2) is 78.9 Å². The van der Waals surface area contributed by atoms with Gasteiger partial charge >= 0.3 is 0 Å². The van der Waals surface area contributed by atoms with Crippen LogP contribution in [0, 0.1) is 0 Å². The monoisotopic (exact) mass is 518 g/mol. The molecule has 200 valence electrons. The minimum Gasteiger partial charge on any atom is -0.487 e. The van der Waals surface area contributed by atoms with E-state index < -0.39 is 5.60 Å². The normalized spacial score (nSPS) is 18.8. The van der Waals surface area contributed by atoms with Gasteiger partial charge in [0.1, 0.15) is 19.0 Å². The lowest BCUT2D eigenvalue weighted by Gasteiger charge is -2.36. The summed E-state index contributed by atoms with van der Waals surface area (Å²) in [6.45, 7) is 4.70. The highest BCUT2D eigenvalue weighted by atomic mass is 16.6. The van der Waals surface area contributed by atoms with Crippen molar-refractivity contribution in [3.8, 4) is 17.2 Å². The largest absolute Gasteiger partial charge is 0.487 e. The van der Waals surface area contributed by atoms with Crippen molar-refractivity contribution < 1.29 is 33.2 Å². The Morgan fingerprint density at radius 2 is 0.921 bits per heavy atom. The van der Waals surface area contributed by atoms with Crippen LogP contribution in [0.4, 0.5) is 0 Å². The lowest BCUT2D eigenvalue weighted by Crippen LogP contribution is -2.34. The van der Waals surface area contributed by atoms with E-state index in [0.29, 0.717) is 83.3 Å². The van der Waals surface area contributed by atoms with Gasteiger partial charge in [0.2, 0.25) is 0 Å². The summed E-state index contributed by atoms with van der Waals surface area (Å²) in [4.78, 5) is 0. The molecule has 3 aromatic carbocycles. The van der Waals surface area contributed by atoms with E-state index in [1.807, 2.05) is 48.5 Å². The first-order valence-electron chi connectivity index (χ1n) is 13.1. The molecule has 0 aromatic heterocycles. The van der Waals surface area contributed by atoms with E-state index in [1.165, 1.54) is 0 Å². The molecule has 38 heavy (non-hydrogen) atoms. The SMILES string of the molecule is C1=CC(c2ccccc2)(c2ccccc2)Oc2cc3c(cc21)OCCOCCOCCOCCOCCO3. The average molecular weight is 519 g/mol. The molecule has 5 rings (SSSR count). The van der Waals surface area contributed by atoms with Crippen molar-refractivity contribution in [2.45, 2.75) is 5.60 Å². The fourth-order valence-corrected chi connectivity index (χ4v) is 4.45. The number of hydrogen-bond donors (Lipinski definition) is 0. The maximum Gasteiger partial charge on any atom is 0.178 e. The molecule has 0 saturated carbocycles. The Hall–Kier alpha value is -3.36. The van der Waals surface area contributed by atoms with E-state index >= 15 is 0 Å². The topological polar surface area (TPSA) is 64.6 Å². The molecule has 2 heterocycles. The number of ether oxygens (including phenoxy) is 7. The van der Waals surface area contributed by atoms with Crippen LogP contribution < -0.4 is 14.2 Å². The van der Waals surface area contributed by atoms with Crippen LogP contribution in [0.5, 0.6) is 17.2 Å². The van der Waals surface area contributed by atoms with Gasteiger partial charge in [-0.1, -0.05) is 66.7 Å². The average Bonchev–Trinajstić information content (AvgIpc) is 2.97. The fraction of sp³-hybridized carbons (Fsp3) is 0.355. The Balaban J connectivity index is 1.40. The summed E-state index contributed by atoms with van der Waals surface area (Å²) in [7, 11) is 0. The Morgan fingerprint density at radius 1 is 0.474 bits per heavy atom. The molecule has 0 amide bonds. The summed E-state index contributed by atoms with van der Waals surface area (Å²) >= 11 is 0. The van der Waals surface area contributed by atoms with Gasteiger partial charge in [0.15, 0.2) is 17.1 Å². The van der Waals surface area contributed by atoms with Crippen molar-refractivity contribution in [2.24, 2.45) is 0 Å². The number of rotatable bonds is 2. The van der Waals surface area contributed by atoms with Crippen LogP contribution in [0.1, 0.15) is 16.7 Å². The molecule has 3 aromatic rings. The lowest BCUT2D eigenvalue weighted by atomic mass is 9.83. The molecule has 2 aliphatic heterocycles. The van der Waals surface area contributed by atoms with Gasteiger partial charge in [-0.05, 0) is 12.1 Å². The second kappa shape index (κ2) is 13.4. The van der Waals surface area contributed by atoms with Crippen molar-refractivity contribution in [3.05, 3.63) is 95.6 Å². The molecular formula is C31H34O7. The van der Waals surface area contributed by atoms with E-state index in [9.17, 15) is 0 Å². The zero-order valence-corrected chi connectivity index (χ0v) is 21.5. The molecule has 0 bridgehead atoms. The van der Waals surface area contributed by atoms with Gasteiger partial charge < -0.3 is 33.2 Å². The second-order valence-corrected chi connectivity index (χ2v) is 8.89. The third kappa shape index (κ3) is 6.55. The molecule has 0 N–H and O–H groups in total. The van der Waals surface area contributed by atoms with Crippen molar-refractivity contribution in [1.29, 1.82) is 0 Å². The Morgan fingerprint density at radius 3 is 1.42 bits per heavy atom. The molecule has 2 aliphatic rings. The highest BCUT2D eigenvalue weighted by molar-refractivity contribution is 5.68. The molecule has 0 saturated heterocycles. The highest BCUT2D eigenvalue weighted by Gasteiger charge is 2.37. The van der Waals surface area contributed by atoms with E-state index in [2.05, 4.69) is 36.4 Å². The highest BCUT2D eigenvalue weighted by Crippen LogP contribution is 2.45. The Kier molecular flexibility index (Phi) is 9.29. The standard InChI is InChI=1S/C31H34O7/c1-3-7-26(8-4-1)31(27-9-5-2-6-10-27)12-11-25-23-29-30(24-28(25)38-31)37-22-20-35-18-16-33-14-13-32-15-17-34-19-21-36-29/h1-12,23-24H,13-22H2. The van der Waals surface area contributed by atoms with E-state index in [-0.39, 0.29) is 0 Å². The number of hydrogen-bond acceptors (Lipinski definition) is 7. The quantitative estimate of drug-likeness (QED) is 0.479. The van der Waals surface area contributed by atoms with Crippen LogP contribution in [0.3, 0.4) is 0 Å². The maximum absolute atomic E-state index is 6.81. The maximum atomic E-state index is 6.81. The summed E-state index contributed by atoms with van der Waals surface area (Å²) in [6.07, 6.45) is 4.19. The minimum atomic E-state index is -0.765. The van der Waals surface area contributed by atoms with Crippen LogP contribution in [-0.4, -0.2) is 66.1 Å². The summed E-state index contributed by atoms with van der Waals surface area (Å²) in [5.41, 5.74) is 2.24. The van der Waals surface area contributed by atoms with Gasteiger partial charge in [-0.2, -0.15) is 0 Å². The molecule has 0 spiro atoms. The number of fused-ring (bicyclic) bond motifs is 2. The molecule has 7 nitrogen and oxygen atoms in total. The van der Waals surface area contributed by atoms with Gasteiger partial charge in [0.05, 0.1) is 52.9 Å². The van der Waals surface area contributed by atoms with Crippen molar-refractivity contribution in [2.75, 3.05) is 66.1 Å². The summed E-state index contributed by atoms with van der Waals surface area (Å²) in [6, 6.07) is 24.3. The molecular weight excluding hydrogens is 484 g/mol. The van der Waals surface area contributed by atoms with Gasteiger partial charge in [-0.15, -0.1) is 0 Å². The summed E-state index contributed by atoms with van der Waals surface area (Å²) in [5, 5.41) is 0. The predicted molar refractivity (Wildman–Crippen MR) is 144 cm³/mol. The van der Waals surface area contributed by atoms with Crippen molar-refractivity contribution in [3.63, 3.8) is 0 Å². The van der Waals surface area contributed by atoms with Crippen LogP contribution in [0.25, 0.3) is 6.08 Å².